The highest BCUT2D eigenvalue weighted by Crippen LogP contribution is 2.23. The van der Waals surface area contributed by atoms with Gasteiger partial charge in [0.15, 0.2) is 0 Å². The second-order valence-electron chi connectivity index (χ2n) is 8.25. The van der Waals surface area contributed by atoms with Gasteiger partial charge >= 0.3 is 6.09 Å². The molecular weight excluding hydrogens is 410 g/mol. The Kier molecular flexibility index (Phi) is 8.25. The summed E-state index contributed by atoms with van der Waals surface area (Å²) in [4.78, 5) is 26.5. The standard InChI is InChI=1S/C25H31NO6/c1-17(14-31-15-20-9-11-22(30-3)12-10-20)23(27)18(2)24(28)26-21(16-32-25(26)29)13-19-7-5-4-6-8-19/h4-12,17-18,21,23,27H,13-16H2,1-3H3/t17-,18+,21+,23-/m0/s1. The van der Waals surface area contributed by atoms with E-state index in [1.54, 1.807) is 14.0 Å². The second kappa shape index (κ2) is 11.1. The first-order chi connectivity index (χ1) is 15.4. The highest BCUT2D eigenvalue weighted by atomic mass is 16.6. The van der Waals surface area contributed by atoms with Crippen LogP contribution < -0.4 is 4.74 Å². The van der Waals surface area contributed by atoms with E-state index in [0.717, 1.165) is 21.8 Å². The lowest BCUT2D eigenvalue weighted by Crippen LogP contribution is -2.47. The molecule has 1 N–H and O–H groups in total. The Morgan fingerprint density at radius 2 is 1.81 bits per heavy atom. The lowest BCUT2D eigenvalue weighted by Gasteiger charge is -2.28. The molecule has 0 aliphatic carbocycles. The Bertz CT molecular complexity index is 885. The predicted molar refractivity (Wildman–Crippen MR) is 119 cm³/mol. The van der Waals surface area contributed by atoms with Crippen molar-refractivity contribution in [1.82, 2.24) is 4.90 Å². The molecule has 1 aliphatic rings. The normalized spacial score (nSPS) is 18.7. The van der Waals surface area contributed by atoms with E-state index in [2.05, 4.69) is 0 Å². The summed E-state index contributed by atoms with van der Waals surface area (Å²) >= 11 is 0. The van der Waals surface area contributed by atoms with Crippen molar-refractivity contribution < 1.29 is 28.9 Å². The van der Waals surface area contributed by atoms with E-state index >= 15 is 0 Å². The molecule has 0 radical (unpaired) electrons. The fourth-order valence-electron chi connectivity index (χ4n) is 3.81. The quantitative estimate of drug-likeness (QED) is 0.608. The van der Waals surface area contributed by atoms with Gasteiger partial charge in [-0.25, -0.2) is 9.69 Å². The molecule has 2 aromatic rings. The molecule has 0 saturated carbocycles. The number of imide groups is 1. The number of carbonyl (C=O) groups is 2. The van der Waals surface area contributed by atoms with Gasteiger partial charge in [0.2, 0.25) is 5.91 Å². The SMILES string of the molecule is COc1ccc(COC[C@H](C)[C@H](O)[C@@H](C)C(=O)N2C(=O)OC[C@H]2Cc2ccccc2)cc1. The number of benzene rings is 2. The third kappa shape index (κ3) is 5.87. The second-order valence-corrected chi connectivity index (χ2v) is 8.25. The van der Waals surface area contributed by atoms with Crippen LogP contribution in [-0.4, -0.2) is 54.5 Å². The first-order valence-corrected chi connectivity index (χ1v) is 10.8. The van der Waals surface area contributed by atoms with Gasteiger partial charge in [0.1, 0.15) is 12.4 Å². The van der Waals surface area contributed by atoms with Crippen LogP contribution in [0.1, 0.15) is 25.0 Å². The smallest absolute Gasteiger partial charge is 0.416 e. The number of carbonyl (C=O) groups excluding carboxylic acids is 2. The molecule has 2 aromatic carbocycles. The van der Waals surface area contributed by atoms with Crippen molar-refractivity contribution >= 4 is 12.0 Å². The number of methoxy groups -OCH3 is 1. The van der Waals surface area contributed by atoms with Gasteiger partial charge in [0, 0.05) is 5.92 Å². The van der Waals surface area contributed by atoms with E-state index in [9.17, 15) is 14.7 Å². The number of rotatable bonds is 10. The van der Waals surface area contributed by atoms with Crippen molar-refractivity contribution in [2.24, 2.45) is 11.8 Å². The van der Waals surface area contributed by atoms with Crippen molar-refractivity contribution in [3.05, 3.63) is 65.7 Å². The third-order valence-corrected chi connectivity index (χ3v) is 5.81. The van der Waals surface area contributed by atoms with Crippen LogP contribution in [0.4, 0.5) is 4.79 Å². The first kappa shape index (κ1) is 23.8. The van der Waals surface area contributed by atoms with Crippen LogP contribution in [0.2, 0.25) is 0 Å². The molecule has 0 spiro atoms. The number of nitrogens with zero attached hydrogens (tertiary/aromatic N) is 1. The molecule has 7 heteroatoms. The van der Waals surface area contributed by atoms with E-state index in [1.807, 2.05) is 61.5 Å². The minimum atomic E-state index is -0.954. The van der Waals surface area contributed by atoms with Gasteiger partial charge in [-0.05, 0) is 29.7 Å². The number of aliphatic hydroxyl groups is 1. The summed E-state index contributed by atoms with van der Waals surface area (Å²) in [6.07, 6.45) is -1.09. The molecule has 1 saturated heterocycles. The predicted octanol–water partition coefficient (Wildman–Crippen LogP) is 3.44. The van der Waals surface area contributed by atoms with Crippen molar-refractivity contribution in [3.63, 3.8) is 0 Å². The number of ether oxygens (including phenoxy) is 3. The van der Waals surface area contributed by atoms with Crippen LogP contribution in [0.25, 0.3) is 0 Å². The minimum Gasteiger partial charge on any atom is -0.497 e. The topological polar surface area (TPSA) is 85.3 Å². The van der Waals surface area contributed by atoms with E-state index in [0.29, 0.717) is 13.0 Å². The van der Waals surface area contributed by atoms with Crippen LogP contribution in [-0.2, 0) is 27.3 Å². The lowest BCUT2D eigenvalue weighted by molar-refractivity contribution is -0.138. The van der Waals surface area contributed by atoms with Gasteiger partial charge in [-0.15, -0.1) is 0 Å². The molecule has 3 rings (SSSR count). The fraction of sp³-hybridized carbons (Fsp3) is 0.440. The van der Waals surface area contributed by atoms with Crippen LogP contribution >= 0.6 is 0 Å². The fourth-order valence-corrected chi connectivity index (χ4v) is 3.81. The largest absolute Gasteiger partial charge is 0.497 e. The molecule has 2 amide bonds. The van der Waals surface area contributed by atoms with Gasteiger partial charge in [-0.1, -0.05) is 56.3 Å². The molecule has 172 valence electrons. The highest BCUT2D eigenvalue weighted by Gasteiger charge is 2.42. The van der Waals surface area contributed by atoms with E-state index in [-0.39, 0.29) is 25.2 Å². The molecule has 1 fully saturated rings. The van der Waals surface area contributed by atoms with Gasteiger partial charge in [-0.2, -0.15) is 0 Å². The average molecular weight is 442 g/mol. The zero-order chi connectivity index (χ0) is 23.1. The number of cyclic esters (lactones) is 1. The summed E-state index contributed by atoms with van der Waals surface area (Å²) in [6, 6.07) is 16.8. The molecule has 32 heavy (non-hydrogen) atoms. The van der Waals surface area contributed by atoms with Crippen molar-refractivity contribution in [2.45, 2.75) is 39.0 Å². The maximum atomic E-state index is 13.1. The van der Waals surface area contributed by atoms with E-state index in [4.69, 9.17) is 14.2 Å². The Morgan fingerprint density at radius 1 is 1.12 bits per heavy atom. The number of hydrogen-bond donors (Lipinski definition) is 1. The molecule has 0 aromatic heterocycles. The van der Waals surface area contributed by atoms with Gasteiger partial charge in [-0.3, -0.25) is 4.79 Å². The summed E-state index contributed by atoms with van der Waals surface area (Å²) in [7, 11) is 1.61. The summed E-state index contributed by atoms with van der Waals surface area (Å²) in [5.74, 6) is -0.712. The van der Waals surface area contributed by atoms with Gasteiger partial charge in [0.05, 0.1) is 38.4 Å². The molecule has 1 heterocycles. The molecular formula is C25H31NO6. The van der Waals surface area contributed by atoms with Crippen molar-refractivity contribution in [3.8, 4) is 5.75 Å². The Labute approximate surface area is 188 Å². The Balaban J connectivity index is 1.53. The summed E-state index contributed by atoms with van der Waals surface area (Å²) in [5, 5.41) is 10.7. The third-order valence-electron chi connectivity index (χ3n) is 5.81. The van der Waals surface area contributed by atoms with Gasteiger partial charge < -0.3 is 19.3 Å². The monoisotopic (exact) mass is 441 g/mol. The number of amides is 2. The number of hydrogen-bond acceptors (Lipinski definition) is 6. The molecule has 1 aliphatic heterocycles. The molecule has 0 unspecified atom stereocenters. The summed E-state index contributed by atoms with van der Waals surface area (Å²) in [6.45, 7) is 4.29. The molecule has 4 atom stereocenters. The van der Waals surface area contributed by atoms with Crippen molar-refractivity contribution in [2.75, 3.05) is 20.3 Å². The van der Waals surface area contributed by atoms with Crippen LogP contribution in [0, 0.1) is 11.8 Å². The van der Waals surface area contributed by atoms with Crippen LogP contribution in [0.5, 0.6) is 5.75 Å². The van der Waals surface area contributed by atoms with Crippen LogP contribution in [0.15, 0.2) is 54.6 Å². The molecule has 7 nitrogen and oxygen atoms in total. The van der Waals surface area contributed by atoms with Gasteiger partial charge in [0.25, 0.3) is 0 Å². The van der Waals surface area contributed by atoms with E-state index in [1.165, 1.54) is 0 Å². The maximum Gasteiger partial charge on any atom is 0.416 e. The van der Waals surface area contributed by atoms with Crippen LogP contribution in [0.3, 0.4) is 0 Å². The summed E-state index contributed by atoms with van der Waals surface area (Å²) < 4.78 is 16.0. The van der Waals surface area contributed by atoms with Crippen molar-refractivity contribution in [1.29, 1.82) is 0 Å². The lowest BCUT2D eigenvalue weighted by atomic mass is 9.92. The Hall–Kier alpha value is -2.90. The van der Waals surface area contributed by atoms with E-state index < -0.39 is 24.0 Å². The maximum absolute atomic E-state index is 13.1. The molecule has 0 bridgehead atoms. The zero-order valence-corrected chi connectivity index (χ0v) is 18.8. The highest BCUT2D eigenvalue weighted by molar-refractivity contribution is 5.95. The average Bonchev–Trinajstić information content (AvgIpc) is 3.18. The minimum absolute atomic E-state index is 0.156. The zero-order valence-electron chi connectivity index (χ0n) is 18.8. The Morgan fingerprint density at radius 3 is 2.47 bits per heavy atom. The first-order valence-electron chi connectivity index (χ1n) is 10.8. The summed E-state index contributed by atoms with van der Waals surface area (Å²) in [5.41, 5.74) is 2.00. The number of aliphatic hydroxyl groups excluding tert-OH is 1.